The molecule has 0 unspecified atom stereocenters. The number of aromatic nitrogens is 1. The van der Waals surface area contributed by atoms with E-state index in [0.29, 0.717) is 13.1 Å². The van der Waals surface area contributed by atoms with E-state index >= 15 is 0 Å². The highest BCUT2D eigenvalue weighted by atomic mass is 19.1. The number of nitrogens with zero attached hydrogens (tertiary/aromatic N) is 1. The van der Waals surface area contributed by atoms with Gasteiger partial charge in [0.25, 0.3) is 0 Å². The first-order valence-corrected chi connectivity index (χ1v) is 3.28. The molecule has 0 aliphatic heterocycles. The third kappa shape index (κ3) is 1.36. The molecule has 3 heteroatoms. The van der Waals surface area contributed by atoms with Gasteiger partial charge in [0.2, 0.25) is 0 Å². The molecule has 0 amide bonds. The van der Waals surface area contributed by atoms with Crippen LogP contribution in [0.2, 0.25) is 0 Å². The molecule has 0 saturated carbocycles. The molecule has 0 fully saturated rings. The van der Waals surface area contributed by atoms with Gasteiger partial charge in [0.1, 0.15) is 6.67 Å². The summed E-state index contributed by atoms with van der Waals surface area (Å²) in [6.45, 7) is 0.564. The Balaban J connectivity index is 2.70. The van der Waals surface area contributed by atoms with E-state index in [-0.39, 0.29) is 6.67 Å². The average Bonchev–Trinajstić information content (AvgIpc) is 2.36. The highest BCUT2D eigenvalue weighted by Gasteiger charge is 1.95. The lowest BCUT2D eigenvalue weighted by atomic mass is 10.4. The van der Waals surface area contributed by atoms with Crippen LogP contribution in [-0.2, 0) is 13.1 Å². The van der Waals surface area contributed by atoms with Crippen LogP contribution in [0.25, 0.3) is 0 Å². The molecule has 56 valence electrons. The van der Waals surface area contributed by atoms with Gasteiger partial charge in [-0.1, -0.05) is 0 Å². The predicted molar refractivity (Wildman–Crippen MR) is 38.3 cm³/mol. The van der Waals surface area contributed by atoms with Crippen molar-refractivity contribution in [2.75, 3.05) is 6.67 Å². The van der Waals surface area contributed by atoms with Crippen molar-refractivity contribution < 1.29 is 4.39 Å². The Morgan fingerprint density at radius 1 is 1.60 bits per heavy atom. The summed E-state index contributed by atoms with van der Waals surface area (Å²) in [6.07, 6.45) is 1.84. The SMILES string of the molecule is NCc1cccn1CCF. The Bertz CT molecular complexity index is 195. The molecule has 10 heavy (non-hydrogen) atoms. The van der Waals surface area contributed by atoms with Gasteiger partial charge in [-0.15, -0.1) is 0 Å². The molecule has 0 saturated heterocycles. The number of rotatable bonds is 3. The molecule has 0 aliphatic rings. The average molecular weight is 142 g/mol. The summed E-state index contributed by atoms with van der Waals surface area (Å²) in [5, 5.41) is 0. The van der Waals surface area contributed by atoms with E-state index in [4.69, 9.17) is 5.73 Å². The van der Waals surface area contributed by atoms with Crippen LogP contribution in [0.15, 0.2) is 18.3 Å². The Morgan fingerprint density at radius 2 is 2.40 bits per heavy atom. The van der Waals surface area contributed by atoms with E-state index < -0.39 is 0 Å². The normalized spacial score (nSPS) is 10.2. The van der Waals surface area contributed by atoms with Crippen molar-refractivity contribution in [3.63, 3.8) is 0 Å². The first-order valence-electron chi connectivity index (χ1n) is 3.28. The van der Waals surface area contributed by atoms with Crippen LogP contribution in [0.5, 0.6) is 0 Å². The Kier molecular flexibility index (Phi) is 2.45. The van der Waals surface area contributed by atoms with Crippen molar-refractivity contribution in [2.45, 2.75) is 13.1 Å². The van der Waals surface area contributed by atoms with Crippen molar-refractivity contribution in [3.05, 3.63) is 24.0 Å². The van der Waals surface area contributed by atoms with Crippen LogP contribution >= 0.6 is 0 Å². The van der Waals surface area contributed by atoms with Crippen molar-refractivity contribution in [2.24, 2.45) is 5.73 Å². The topological polar surface area (TPSA) is 30.9 Å². The number of alkyl halides is 1. The zero-order valence-corrected chi connectivity index (χ0v) is 5.76. The molecule has 1 aromatic heterocycles. The molecular weight excluding hydrogens is 131 g/mol. The number of nitrogens with two attached hydrogens (primary N) is 1. The molecule has 0 aromatic carbocycles. The van der Waals surface area contributed by atoms with Crippen molar-refractivity contribution >= 4 is 0 Å². The van der Waals surface area contributed by atoms with E-state index in [2.05, 4.69) is 0 Å². The van der Waals surface area contributed by atoms with Gasteiger partial charge in [-0.3, -0.25) is 0 Å². The molecule has 0 atom stereocenters. The van der Waals surface area contributed by atoms with E-state index in [1.54, 1.807) is 0 Å². The van der Waals surface area contributed by atoms with Crippen LogP contribution in [0.1, 0.15) is 5.69 Å². The first-order chi connectivity index (χ1) is 4.88. The summed E-state index contributed by atoms with van der Waals surface area (Å²) in [7, 11) is 0. The molecule has 0 aliphatic carbocycles. The van der Waals surface area contributed by atoms with Crippen LogP contribution in [0, 0.1) is 0 Å². The van der Waals surface area contributed by atoms with Gasteiger partial charge < -0.3 is 10.3 Å². The second-order valence-electron chi connectivity index (χ2n) is 2.09. The van der Waals surface area contributed by atoms with Crippen LogP contribution in [0.4, 0.5) is 4.39 Å². The number of aryl methyl sites for hydroxylation is 1. The fourth-order valence-electron chi connectivity index (χ4n) is 0.944. The van der Waals surface area contributed by atoms with E-state index in [1.165, 1.54) is 0 Å². The Labute approximate surface area is 59.5 Å². The second kappa shape index (κ2) is 3.37. The lowest BCUT2D eigenvalue weighted by Crippen LogP contribution is -2.07. The van der Waals surface area contributed by atoms with Crippen LogP contribution in [-0.4, -0.2) is 11.2 Å². The molecule has 1 rings (SSSR count). The molecule has 1 aromatic rings. The lowest BCUT2D eigenvalue weighted by Gasteiger charge is -2.02. The summed E-state index contributed by atoms with van der Waals surface area (Å²) >= 11 is 0. The van der Waals surface area contributed by atoms with Crippen molar-refractivity contribution in [1.29, 1.82) is 0 Å². The molecule has 2 nitrogen and oxygen atoms in total. The highest BCUT2D eigenvalue weighted by Crippen LogP contribution is 2.00. The quantitative estimate of drug-likeness (QED) is 0.668. The van der Waals surface area contributed by atoms with E-state index in [0.717, 1.165) is 5.69 Å². The summed E-state index contributed by atoms with van der Waals surface area (Å²) in [5.74, 6) is 0. The van der Waals surface area contributed by atoms with Crippen LogP contribution < -0.4 is 5.73 Å². The summed E-state index contributed by atoms with van der Waals surface area (Å²) in [4.78, 5) is 0. The fraction of sp³-hybridized carbons (Fsp3) is 0.429. The maximum atomic E-state index is 11.8. The largest absolute Gasteiger partial charge is 0.348 e. The summed E-state index contributed by atoms with van der Waals surface area (Å²) in [5.41, 5.74) is 6.37. The molecule has 1 heterocycles. The van der Waals surface area contributed by atoms with Gasteiger partial charge in [0.05, 0.1) is 6.54 Å². The van der Waals surface area contributed by atoms with E-state index in [1.807, 2.05) is 22.9 Å². The molecular formula is C7H11FN2. The summed E-state index contributed by atoms with van der Waals surface area (Å²) in [6, 6.07) is 3.77. The minimum atomic E-state index is -0.332. The molecule has 0 radical (unpaired) electrons. The van der Waals surface area contributed by atoms with Gasteiger partial charge >= 0.3 is 0 Å². The third-order valence-electron chi connectivity index (χ3n) is 1.46. The van der Waals surface area contributed by atoms with Crippen molar-refractivity contribution in [1.82, 2.24) is 4.57 Å². The minimum absolute atomic E-state index is 0.332. The van der Waals surface area contributed by atoms with Gasteiger partial charge in [-0.05, 0) is 12.1 Å². The number of hydrogen-bond donors (Lipinski definition) is 1. The Morgan fingerprint density at radius 3 is 3.00 bits per heavy atom. The lowest BCUT2D eigenvalue weighted by molar-refractivity contribution is 0.441. The van der Waals surface area contributed by atoms with Gasteiger partial charge in [0.15, 0.2) is 0 Å². The standard InChI is InChI=1S/C7H11FN2/c8-3-5-10-4-1-2-7(10)6-9/h1-2,4H,3,5-6,9H2. The first kappa shape index (κ1) is 7.28. The Hall–Kier alpha value is -0.830. The fourth-order valence-corrected chi connectivity index (χ4v) is 0.944. The zero-order chi connectivity index (χ0) is 7.40. The minimum Gasteiger partial charge on any atom is -0.348 e. The smallest absolute Gasteiger partial charge is 0.107 e. The molecule has 2 N–H and O–H groups in total. The van der Waals surface area contributed by atoms with Gasteiger partial charge in [0, 0.05) is 18.4 Å². The maximum Gasteiger partial charge on any atom is 0.107 e. The third-order valence-corrected chi connectivity index (χ3v) is 1.46. The van der Waals surface area contributed by atoms with Crippen molar-refractivity contribution in [3.8, 4) is 0 Å². The molecule has 0 bridgehead atoms. The monoisotopic (exact) mass is 142 g/mol. The van der Waals surface area contributed by atoms with Crippen LogP contribution in [0.3, 0.4) is 0 Å². The second-order valence-corrected chi connectivity index (χ2v) is 2.09. The highest BCUT2D eigenvalue weighted by molar-refractivity contribution is 5.06. The molecule has 0 spiro atoms. The summed E-state index contributed by atoms with van der Waals surface area (Å²) < 4.78 is 13.6. The number of halogens is 1. The van der Waals surface area contributed by atoms with Gasteiger partial charge in [-0.2, -0.15) is 0 Å². The number of hydrogen-bond acceptors (Lipinski definition) is 1. The maximum absolute atomic E-state index is 11.8. The predicted octanol–water partition coefficient (Wildman–Crippen LogP) is 0.916. The van der Waals surface area contributed by atoms with E-state index in [9.17, 15) is 4.39 Å². The van der Waals surface area contributed by atoms with Gasteiger partial charge in [-0.25, -0.2) is 4.39 Å². The zero-order valence-electron chi connectivity index (χ0n) is 5.76.